The third-order valence-corrected chi connectivity index (χ3v) is 1.75. The molecule has 2 nitrogen and oxygen atoms in total. The summed E-state index contributed by atoms with van der Waals surface area (Å²) in [4.78, 5) is 0. The van der Waals surface area contributed by atoms with Gasteiger partial charge >= 0.3 is 6.18 Å². The average Bonchev–Trinajstić information content (AvgIpc) is 2.15. The van der Waals surface area contributed by atoms with Gasteiger partial charge in [-0.1, -0.05) is 6.07 Å². The Morgan fingerprint density at radius 3 is 2.43 bits per heavy atom. The lowest BCUT2D eigenvalue weighted by Gasteiger charge is -2.11. The molecule has 0 heterocycles. The number of hydrogen-bond acceptors (Lipinski definition) is 2. The summed E-state index contributed by atoms with van der Waals surface area (Å²) in [5, 5.41) is 11.1. The Hall–Kier alpha value is -1.70. The van der Waals surface area contributed by atoms with E-state index in [0.29, 0.717) is 0 Å². The predicted octanol–water partition coefficient (Wildman–Crippen LogP) is 2.62. The quantitative estimate of drug-likeness (QED) is 0.756. The highest BCUT2D eigenvalue weighted by molar-refractivity contribution is 5.61. The Bertz CT molecular complexity index is 377. The number of nitrogens with one attached hydrogen (secondary N) is 1. The predicted molar refractivity (Wildman–Crippen MR) is 45.7 cm³/mol. The molecule has 0 saturated heterocycles. The molecule has 0 saturated carbocycles. The molecule has 0 aliphatic carbocycles. The van der Waals surface area contributed by atoms with E-state index in [1.54, 1.807) is 0 Å². The molecule has 0 aliphatic heterocycles. The Morgan fingerprint density at radius 1 is 1.36 bits per heavy atom. The van der Waals surface area contributed by atoms with Crippen molar-refractivity contribution in [2.75, 3.05) is 12.4 Å². The van der Waals surface area contributed by atoms with Crippen LogP contribution in [0.15, 0.2) is 18.2 Å². The smallest absolute Gasteiger partial charge is 0.387 e. The lowest BCUT2D eigenvalue weighted by Crippen LogP contribution is -2.09. The van der Waals surface area contributed by atoms with Crippen LogP contribution in [0.25, 0.3) is 0 Å². The maximum atomic E-state index is 12.4. The molecule has 1 aromatic carbocycles. The number of anilines is 1. The monoisotopic (exact) mass is 200 g/mol. The van der Waals surface area contributed by atoms with Gasteiger partial charge in [0.15, 0.2) is 0 Å². The summed E-state index contributed by atoms with van der Waals surface area (Å²) in [6.45, 7) is 0. The van der Waals surface area contributed by atoms with Crippen LogP contribution < -0.4 is 5.32 Å². The van der Waals surface area contributed by atoms with Crippen LogP contribution in [0.3, 0.4) is 0 Å². The maximum absolute atomic E-state index is 12.4. The zero-order valence-corrected chi connectivity index (χ0v) is 7.31. The van der Waals surface area contributed by atoms with Gasteiger partial charge in [-0.3, -0.25) is 0 Å². The van der Waals surface area contributed by atoms with Crippen molar-refractivity contribution >= 4 is 5.69 Å². The van der Waals surface area contributed by atoms with E-state index in [0.717, 1.165) is 6.07 Å². The van der Waals surface area contributed by atoms with Crippen LogP contribution in [0.1, 0.15) is 11.1 Å². The van der Waals surface area contributed by atoms with E-state index in [4.69, 9.17) is 5.26 Å². The molecule has 0 fully saturated rings. The summed E-state index contributed by atoms with van der Waals surface area (Å²) in [7, 11) is 1.47. The zero-order chi connectivity index (χ0) is 10.8. The van der Waals surface area contributed by atoms with E-state index in [9.17, 15) is 13.2 Å². The molecule has 0 spiro atoms. The SMILES string of the molecule is CNc1cccc(C(F)(F)F)c1C#N. The van der Waals surface area contributed by atoms with Gasteiger partial charge < -0.3 is 5.32 Å². The molecule has 0 radical (unpaired) electrons. The van der Waals surface area contributed by atoms with E-state index in [1.807, 2.05) is 0 Å². The van der Waals surface area contributed by atoms with Crippen molar-refractivity contribution in [3.63, 3.8) is 0 Å². The molecule has 0 unspecified atom stereocenters. The van der Waals surface area contributed by atoms with Crippen molar-refractivity contribution in [1.29, 1.82) is 5.26 Å². The number of halogens is 3. The fraction of sp³-hybridized carbons (Fsp3) is 0.222. The molecule has 1 rings (SSSR count). The van der Waals surface area contributed by atoms with Gasteiger partial charge in [-0.05, 0) is 12.1 Å². The third-order valence-electron chi connectivity index (χ3n) is 1.75. The average molecular weight is 200 g/mol. The second-order valence-electron chi connectivity index (χ2n) is 2.59. The van der Waals surface area contributed by atoms with Crippen molar-refractivity contribution in [1.82, 2.24) is 0 Å². The number of nitriles is 1. The summed E-state index contributed by atoms with van der Waals surface area (Å²) >= 11 is 0. The minimum atomic E-state index is -4.49. The first-order valence-corrected chi connectivity index (χ1v) is 3.78. The van der Waals surface area contributed by atoms with Gasteiger partial charge in [0.05, 0.1) is 16.8 Å². The summed E-state index contributed by atoms with van der Waals surface area (Å²) in [5.41, 5.74) is -1.10. The zero-order valence-electron chi connectivity index (χ0n) is 7.31. The fourth-order valence-electron chi connectivity index (χ4n) is 1.12. The highest BCUT2D eigenvalue weighted by atomic mass is 19.4. The van der Waals surface area contributed by atoms with Gasteiger partial charge in [-0.25, -0.2) is 0 Å². The van der Waals surface area contributed by atoms with Crippen molar-refractivity contribution in [3.8, 4) is 6.07 Å². The Balaban J connectivity index is 3.39. The molecule has 5 heteroatoms. The molecule has 1 aromatic rings. The van der Waals surface area contributed by atoms with E-state index >= 15 is 0 Å². The first-order valence-electron chi connectivity index (χ1n) is 3.78. The second-order valence-corrected chi connectivity index (χ2v) is 2.59. The number of hydrogen-bond donors (Lipinski definition) is 1. The normalized spacial score (nSPS) is 10.8. The van der Waals surface area contributed by atoms with Crippen LogP contribution in [-0.4, -0.2) is 7.05 Å². The fourth-order valence-corrected chi connectivity index (χ4v) is 1.12. The van der Waals surface area contributed by atoms with Gasteiger partial charge in [-0.15, -0.1) is 0 Å². The number of alkyl halides is 3. The second kappa shape index (κ2) is 3.58. The van der Waals surface area contributed by atoms with Gasteiger partial charge in [0.2, 0.25) is 0 Å². The van der Waals surface area contributed by atoms with Crippen LogP contribution in [-0.2, 0) is 6.18 Å². The van der Waals surface area contributed by atoms with E-state index < -0.39 is 11.7 Å². The molecular weight excluding hydrogens is 193 g/mol. The van der Waals surface area contributed by atoms with Crippen molar-refractivity contribution in [2.45, 2.75) is 6.18 Å². The molecule has 0 atom stereocenters. The van der Waals surface area contributed by atoms with E-state index in [2.05, 4.69) is 5.32 Å². The van der Waals surface area contributed by atoms with Crippen molar-refractivity contribution in [2.24, 2.45) is 0 Å². The third kappa shape index (κ3) is 1.79. The van der Waals surface area contributed by atoms with Crippen molar-refractivity contribution < 1.29 is 13.2 Å². The molecule has 0 aromatic heterocycles. The first kappa shape index (κ1) is 10.4. The van der Waals surface area contributed by atoms with E-state index in [1.165, 1.54) is 25.2 Å². The Kier molecular flexibility index (Phi) is 2.65. The molecule has 1 N–H and O–H groups in total. The van der Waals surface area contributed by atoms with Crippen LogP contribution in [0.2, 0.25) is 0 Å². The number of nitrogens with zero attached hydrogens (tertiary/aromatic N) is 1. The Morgan fingerprint density at radius 2 is 2.00 bits per heavy atom. The molecule has 0 bridgehead atoms. The van der Waals surface area contributed by atoms with Gasteiger partial charge in [0.25, 0.3) is 0 Å². The highest BCUT2D eigenvalue weighted by Crippen LogP contribution is 2.34. The van der Waals surface area contributed by atoms with Crippen LogP contribution in [0, 0.1) is 11.3 Å². The maximum Gasteiger partial charge on any atom is 0.417 e. The lowest BCUT2D eigenvalue weighted by atomic mass is 10.1. The summed E-state index contributed by atoms with van der Waals surface area (Å²) in [5.74, 6) is 0. The molecule has 0 amide bonds. The van der Waals surface area contributed by atoms with Gasteiger partial charge in [0.1, 0.15) is 6.07 Å². The number of benzene rings is 1. The summed E-state index contributed by atoms with van der Waals surface area (Å²) < 4.78 is 37.1. The minimum absolute atomic E-state index is 0.183. The van der Waals surface area contributed by atoms with Crippen molar-refractivity contribution in [3.05, 3.63) is 29.3 Å². The van der Waals surface area contributed by atoms with Crippen LogP contribution in [0.4, 0.5) is 18.9 Å². The number of rotatable bonds is 1. The molecule has 14 heavy (non-hydrogen) atoms. The molecule has 74 valence electrons. The molecular formula is C9H7F3N2. The van der Waals surface area contributed by atoms with Gasteiger partial charge in [-0.2, -0.15) is 18.4 Å². The summed E-state index contributed by atoms with van der Waals surface area (Å²) in [6.07, 6.45) is -4.49. The topological polar surface area (TPSA) is 35.8 Å². The molecule has 0 aliphatic rings. The minimum Gasteiger partial charge on any atom is -0.387 e. The summed E-state index contributed by atoms with van der Waals surface area (Å²) in [6, 6.07) is 5.11. The highest BCUT2D eigenvalue weighted by Gasteiger charge is 2.34. The first-order chi connectivity index (χ1) is 6.50. The van der Waals surface area contributed by atoms with Gasteiger partial charge in [0, 0.05) is 7.05 Å². The van der Waals surface area contributed by atoms with E-state index in [-0.39, 0.29) is 11.3 Å². The lowest BCUT2D eigenvalue weighted by molar-refractivity contribution is -0.137. The van der Waals surface area contributed by atoms with Crippen LogP contribution >= 0.6 is 0 Å². The Labute approximate surface area is 79.0 Å². The largest absolute Gasteiger partial charge is 0.417 e. The van der Waals surface area contributed by atoms with Crippen LogP contribution in [0.5, 0.6) is 0 Å². The standard InChI is InChI=1S/C9H7F3N2/c1-14-8-4-2-3-7(6(8)5-13)9(10,11)12/h2-4,14H,1H3.